The Morgan fingerprint density at radius 1 is 1.19 bits per heavy atom. The zero-order valence-corrected chi connectivity index (χ0v) is 12.4. The van der Waals surface area contributed by atoms with Crippen molar-refractivity contribution in [2.24, 2.45) is 0 Å². The molecule has 1 N–H and O–H groups in total. The first-order valence-corrected chi connectivity index (χ1v) is 7.47. The van der Waals surface area contributed by atoms with E-state index in [0.717, 1.165) is 37.4 Å². The first kappa shape index (κ1) is 14.1. The number of aromatic nitrogens is 1. The number of anilines is 2. The van der Waals surface area contributed by atoms with Crippen LogP contribution in [-0.4, -0.2) is 24.1 Å². The Hall–Kier alpha value is -1.81. The van der Waals surface area contributed by atoms with Crippen molar-refractivity contribution in [3.63, 3.8) is 0 Å². The SMILES string of the molecule is Fc1cc(Cl)cc(NC2CCN(c3ccccn3)CC2)c1. The largest absolute Gasteiger partial charge is 0.382 e. The molecule has 21 heavy (non-hydrogen) atoms. The van der Waals surface area contributed by atoms with Gasteiger partial charge in [-0.05, 0) is 43.2 Å². The Morgan fingerprint density at radius 3 is 2.67 bits per heavy atom. The van der Waals surface area contributed by atoms with E-state index in [-0.39, 0.29) is 5.82 Å². The van der Waals surface area contributed by atoms with Crippen LogP contribution in [0.5, 0.6) is 0 Å². The molecule has 3 nitrogen and oxygen atoms in total. The molecule has 0 aliphatic carbocycles. The highest BCUT2D eigenvalue weighted by molar-refractivity contribution is 6.30. The number of halogens is 2. The van der Waals surface area contributed by atoms with E-state index in [9.17, 15) is 4.39 Å². The lowest BCUT2D eigenvalue weighted by Crippen LogP contribution is -2.39. The van der Waals surface area contributed by atoms with E-state index in [1.165, 1.54) is 12.1 Å². The highest BCUT2D eigenvalue weighted by atomic mass is 35.5. The van der Waals surface area contributed by atoms with Gasteiger partial charge < -0.3 is 10.2 Å². The molecule has 5 heteroatoms. The minimum absolute atomic E-state index is 0.309. The summed E-state index contributed by atoms with van der Waals surface area (Å²) in [6, 6.07) is 10.8. The lowest BCUT2D eigenvalue weighted by Gasteiger charge is -2.33. The minimum Gasteiger partial charge on any atom is -0.382 e. The summed E-state index contributed by atoms with van der Waals surface area (Å²) in [5.41, 5.74) is 0.747. The molecular formula is C16H17ClFN3. The summed E-state index contributed by atoms with van der Waals surface area (Å²) in [5.74, 6) is 0.709. The molecule has 0 amide bonds. The summed E-state index contributed by atoms with van der Waals surface area (Å²) >= 11 is 5.87. The Kier molecular flexibility index (Phi) is 4.25. The summed E-state index contributed by atoms with van der Waals surface area (Å²) in [6.45, 7) is 1.88. The van der Waals surface area contributed by atoms with E-state index in [1.54, 1.807) is 6.07 Å². The molecule has 1 aromatic carbocycles. The van der Waals surface area contributed by atoms with E-state index in [4.69, 9.17) is 11.6 Å². The quantitative estimate of drug-likeness (QED) is 0.930. The molecule has 1 aromatic heterocycles. The lowest BCUT2D eigenvalue weighted by atomic mass is 10.0. The van der Waals surface area contributed by atoms with Gasteiger partial charge in [-0.25, -0.2) is 9.37 Å². The predicted octanol–water partition coefficient (Wildman–Crippen LogP) is 3.96. The summed E-state index contributed by atoms with van der Waals surface area (Å²) in [7, 11) is 0. The number of benzene rings is 1. The molecule has 1 fully saturated rings. The van der Waals surface area contributed by atoms with Gasteiger partial charge in [-0.3, -0.25) is 0 Å². The van der Waals surface area contributed by atoms with Gasteiger partial charge in [0.05, 0.1) is 0 Å². The average molecular weight is 306 g/mol. The number of hydrogen-bond donors (Lipinski definition) is 1. The number of rotatable bonds is 3. The van der Waals surface area contributed by atoms with Crippen LogP contribution in [-0.2, 0) is 0 Å². The third kappa shape index (κ3) is 3.64. The van der Waals surface area contributed by atoms with Crippen LogP contribution in [0.2, 0.25) is 5.02 Å². The van der Waals surface area contributed by atoms with Gasteiger partial charge in [0, 0.05) is 36.0 Å². The van der Waals surface area contributed by atoms with E-state index < -0.39 is 0 Å². The molecule has 0 unspecified atom stereocenters. The van der Waals surface area contributed by atoms with Gasteiger partial charge >= 0.3 is 0 Å². The topological polar surface area (TPSA) is 28.2 Å². The van der Waals surface area contributed by atoms with Crippen molar-refractivity contribution in [2.75, 3.05) is 23.3 Å². The normalized spacial score (nSPS) is 16.0. The highest BCUT2D eigenvalue weighted by Gasteiger charge is 2.20. The molecule has 0 radical (unpaired) electrons. The number of nitrogens with one attached hydrogen (secondary N) is 1. The molecule has 0 spiro atoms. The Labute approximate surface area is 128 Å². The van der Waals surface area contributed by atoms with Crippen LogP contribution >= 0.6 is 11.6 Å². The average Bonchev–Trinajstić information content (AvgIpc) is 2.48. The number of piperidine rings is 1. The van der Waals surface area contributed by atoms with Crippen molar-refractivity contribution in [1.29, 1.82) is 0 Å². The predicted molar refractivity (Wildman–Crippen MR) is 84.5 cm³/mol. The van der Waals surface area contributed by atoms with Crippen molar-refractivity contribution in [1.82, 2.24) is 4.98 Å². The molecule has 2 aromatic rings. The molecule has 110 valence electrons. The van der Waals surface area contributed by atoms with Gasteiger partial charge in [-0.2, -0.15) is 0 Å². The monoisotopic (exact) mass is 305 g/mol. The number of pyridine rings is 1. The smallest absolute Gasteiger partial charge is 0.128 e. The fourth-order valence-electron chi connectivity index (χ4n) is 2.67. The Bertz CT molecular complexity index is 577. The molecular weight excluding hydrogens is 289 g/mol. The fourth-order valence-corrected chi connectivity index (χ4v) is 2.89. The molecule has 0 bridgehead atoms. The second kappa shape index (κ2) is 6.31. The second-order valence-electron chi connectivity index (χ2n) is 5.25. The maximum atomic E-state index is 13.3. The van der Waals surface area contributed by atoms with Crippen molar-refractivity contribution < 1.29 is 4.39 Å². The second-order valence-corrected chi connectivity index (χ2v) is 5.69. The third-order valence-corrected chi connectivity index (χ3v) is 3.92. The number of nitrogens with zero attached hydrogens (tertiary/aromatic N) is 2. The molecule has 1 aliphatic heterocycles. The molecule has 0 saturated carbocycles. The molecule has 1 aliphatic rings. The van der Waals surface area contributed by atoms with Gasteiger partial charge in [-0.15, -0.1) is 0 Å². The summed E-state index contributed by atoms with van der Waals surface area (Å²) in [4.78, 5) is 6.65. The zero-order chi connectivity index (χ0) is 14.7. The maximum absolute atomic E-state index is 13.3. The fraction of sp³-hybridized carbons (Fsp3) is 0.312. The van der Waals surface area contributed by atoms with Gasteiger partial charge in [0.2, 0.25) is 0 Å². The van der Waals surface area contributed by atoms with Crippen LogP contribution in [0.15, 0.2) is 42.6 Å². The van der Waals surface area contributed by atoms with E-state index >= 15 is 0 Å². The first-order valence-electron chi connectivity index (χ1n) is 7.09. The lowest BCUT2D eigenvalue weighted by molar-refractivity contribution is 0.523. The van der Waals surface area contributed by atoms with Crippen LogP contribution < -0.4 is 10.2 Å². The van der Waals surface area contributed by atoms with Crippen LogP contribution in [0.25, 0.3) is 0 Å². The zero-order valence-electron chi connectivity index (χ0n) is 11.6. The van der Waals surface area contributed by atoms with Crippen LogP contribution in [0.3, 0.4) is 0 Å². The van der Waals surface area contributed by atoms with Gasteiger partial charge in [0.25, 0.3) is 0 Å². The van der Waals surface area contributed by atoms with Crippen molar-refractivity contribution >= 4 is 23.1 Å². The van der Waals surface area contributed by atoms with Gasteiger partial charge in [0.1, 0.15) is 11.6 Å². The van der Waals surface area contributed by atoms with Crippen LogP contribution in [0, 0.1) is 5.82 Å². The highest BCUT2D eigenvalue weighted by Crippen LogP contribution is 2.23. The summed E-state index contributed by atoms with van der Waals surface area (Å²) in [6.07, 6.45) is 3.80. The van der Waals surface area contributed by atoms with E-state index in [0.29, 0.717) is 11.1 Å². The van der Waals surface area contributed by atoms with Gasteiger partial charge in [0.15, 0.2) is 0 Å². The molecule has 3 rings (SSSR count). The van der Waals surface area contributed by atoms with E-state index in [1.807, 2.05) is 24.4 Å². The van der Waals surface area contributed by atoms with Gasteiger partial charge in [-0.1, -0.05) is 17.7 Å². The Morgan fingerprint density at radius 2 is 2.00 bits per heavy atom. The maximum Gasteiger partial charge on any atom is 0.128 e. The minimum atomic E-state index is -0.309. The van der Waals surface area contributed by atoms with Crippen molar-refractivity contribution in [3.8, 4) is 0 Å². The standard InChI is InChI=1S/C16H17ClFN3/c17-12-9-13(18)11-15(10-12)20-14-4-7-21(8-5-14)16-3-1-2-6-19-16/h1-3,6,9-11,14,20H,4-5,7-8H2. The van der Waals surface area contributed by atoms with Crippen LogP contribution in [0.1, 0.15) is 12.8 Å². The third-order valence-electron chi connectivity index (χ3n) is 3.70. The molecule has 1 saturated heterocycles. The van der Waals surface area contributed by atoms with Crippen molar-refractivity contribution in [3.05, 3.63) is 53.4 Å². The van der Waals surface area contributed by atoms with E-state index in [2.05, 4.69) is 15.2 Å². The number of hydrogen-bond acceptors (Lipinski definition) is 3. The van der Waals surface area contributed by atoms with Crippen LogP contribution in [0.4, 0.5) is 15.9 Å². The van der Waals surface area contributed by atoms with Crippen molar-refractivity contribution in [2.45, 2.75) is 18.9 Å². The molecule has 2 heterocycles. The summed E-state index contributed by atoms with van der Waals surface area (Å²) < 4.78 is 13.3. The summed E-state index contributed by atoms with van der Waals surface area (Å²) in [5, 5.41) is 3.78. The first-order chi connectivity index (χ1) is 10.2. The molecule has 0 atom stereocenters. The Balaban J connectivity index is 1.58.